The van der Waals surface area contributed by atoms with Gasteiger partial charge >= 0.3 is 5.97 Å². The summed E-state index contributed by atoms with van der Waals surface area (Å²) in [5.41, 5.74) is 10.2. The summed E-state index contributed by atoms with van der Waals surface area (Å²) in [7, 11) is 0. The van der Waals surface area contributed by atoms with Crippen LogP contribution in [0.3, 0.4) is 0 Å². The monoisotopic (exact) mass is 330 g/mol. The summed E-state index contributed by atoms with van der Waals surface area (Å²) in [6, 6.07) is 5.32. The van der Waals surface area contributed by atoms with Crippen molar-refractivity contribution in [1.82, 2.24) is 0 Å². The Morgan fingerprint density at radius 2 is 2.00 bits per heavy atom. The van der Waals surface area contributed by atoms with Crippen LogP contribution in [0.2, 0.25) is 0 Å². The summed E-state index contributed by atoms with van der Waals surface area (Å²) >= 11 is 0. The minimum atomic E-state index is -0.767. The maximum absolute atomic E-state index is 12.7. The number of rotatable bonds is 8. The molecule has 1 aliphatic rings. The molecule has 2 rings (SSSR count). The molecule has 128 valence electrons. The zero-order valence-electron chi connectivity index (χ0n) is 14.0. The molecule has 0 saturated heterocycles. The minimum Gasteiger partial charge on any atom is -0.481 e. The van der Waals surface area contributed by atoms with Crippen LogP contribution in [-0.4, -0.2) is 23.5 Å². The third kappa shape index (κ3) is 3.68. The molecule has 1 amide bonds. The van der Waals surface area contributed by atoms with Crippen LogP contribution < -0.4 is 4.90 Å². The first-order chi connectivity index (χ1) is 11.4. The van der Waals surface area contributed by atoms with Crippen LogP contribution in [0.4, 0.5) is 11.4 Å². The molecule has 24 heavy (non-hydrogen) atoms. The highest BCUT2D eigenvalue weighted by atomic mass is 16.4. The number of hydrogen-bond donors (Lipinski definition) is 1. The Morgan fingerprint density at radius 1 is 1.29 bits per heavy atom. The number of anilines is 1. The van der Waals surface area contributed by atoms with Gasteiger partial charge in [-0.2, -0.15) is 0 Å². The van der Waals surface area contributed by atoms with Crippen molar-refractivity contribution in [2.24, 2.45) is 5.11 Å². The van der Waals surface area contributed by atoms with Gasteiger partial charge in [-0.05, 0) is 49.9 Å². The SMILES string of the molecule is CC1(C)C(=O)N(CCCCCCC(=O)O)c2ccc(N=[N+]=[N-])cc21. The predicted octanol–water partition coefficient (Wildman–Crippen LogP) is 4.29. The Labute approximate surface area is 140 Å². The van der Waals surface area contributed by atoms with Gasteiger partial charge in [0.2, 0.25) is 5.91 Å². The average molecular weight is 330 g/mol. The highest BCUT2D eigenvalue weighted by Crippen LogP contribution is 2.43. The summed E-state index contributed by atoms with van der Waals surface area (Å²) in [4.78, 5) is 27.8. The van der Waals surface area contributed by atoms with E-state index in [1.54, 1.807) is 17.0 Å². The van der Waals surface area contributed by atoms with E-state index in [1.165, 1.54) is 0 Å². The zero-order chi connectivity index (χ0) is 17.7. The number of carbonyl (C=O) groups is 2. The van der Waals surface area contributed by atoms with Gasteiger partial charge in [0.25, 0.3) is 0 Å². The largest absolute Gasteiger partial charge is 0.481 e. The van der Waals surface area contributed by atoms with Crippen LogP contribution in [0.1, 0.15) is 51.5 Å². The van der Waals surface area contributed by atoms with Gasteiger partial charge in [-0.1, -0.05) is 24.0 Å². The molecular formula is C17H22N4O3. The molecule has 0 atom stereocenters. The van der Waals surface area contributed by atoms with Crippen molar-refractivity contribution in [1.29, 1.82) is 0 Å². The lowest BCUT2D eigenvalue weighted by molar-refractivity contribution is -0.137. The summed E-state index contributed by atoms with van der Waals surface area (Å²) < 4.78 is 0. The first-order valence-corrected chi connectivity index (χ1v) is 8.11. The van der Waals surface area contributed by atoms with E-state index in [1.807, 2.05) is 19.9 Å². The van der Waals surface area contributed by atoms with E-state index in [0.717, 1.165) is 30.5 Å². The van der Waals surface area contributed by atoms with Crippen LogP contribution in [-0.2, 0) is 15.0 Å². The maximum atomic E-state index is 12.7. The van der Waals surface area contributed by atoms with Crippen LogP contribution in [0.15, 0.2) is 23.3 Å². The van der Waals surface area contributed by atoms with Crippen molar-refractivity contribution in [2.75, 3.05) is 11.4 Å². The first-order valence-electron chi connectivity index (χ1n) is 8.11. The molecule has 1 N–H and O–H groups in total. The van der Waals surface area contributed by atoms with E-state index in [4.69, 9.17) is 10.6 Å². The second-order valence-corrected chi connectivity index (χ2v) is 6.53. The highest BCUT2D eigenvalue weighted by molar-refractivity contribution is 6.07. The number of carboxylic acids is 1. The molecule has 0 fully saturated rings. The molecule has 1 aromatic rings. The van der Waals surface area contributed by atoms with Crippen molar-refractivity contribution in [2.45, 2.75) is 51.4 Å². The fraction of sp³-hybridized carbons (Fsp3) is 0.529. The Bertz CT molecular complexity index is 693. The Kier molecular flexibility index (Phi) is 5.46. The summed E-state index contributed by atoms with van der Waals surface area (Å²) in [5.74, 6) is -0.725. The standard InChI is InChI=1S/C17H22N4O3/c1-17(2)13-11-12(19-20-18)8-9-14(13)21(16(17)24)10-6-4-3-5-7-15(22)23/h8-9,11H,3-7,10H2,1-2H3,(H,22,23). The molecule has 0 radical (unpaired) electrons. The lowest BCUT2D eigenvalue weighted by Gasteiger charge is -2.20. The number of hydrogen-bond acceptors (Lipinski definition) is 3. The number of aliphatic carboxylic acids is 1. The van der Waals surface area contributed by atoms with Gasteiger partial charge in [0.05, 0.1) is 5.41 Å². The number of benzene rings is 1. The fourth-order valence-electron chi connectivity index (χ4n) is 3.06. The van der Waals surface area contributed by atoms with Crippen molar-refractivity contribution in [3.05, 3.63) is 34.2 Å². The van der Waals surface area contributed by atoms with E-state index >= 15 is 0 Å². The topological polar surface area (TPSA) is 106 Å². The molecule has 1 aromatic carbocycles. The quantitative estimate of drug-likeness (QED) is 0.332. The molecule has 0 bridgehead atoms. The number of carboxylic acid groups (broad SMARTS) is 1. The van der Waals surface area contributed by atoms with Crippen LogP contribution in [0, 0.1) is 0 Å². The molecule has 0 saturated carbocycles. The Balaban J connectivity index is 2.04. The summed E-state index contributed by atoms with van der Waals surface area (Å²) in [5, 5.41) is 12.2. The molecule has 1 heterocycles. The normalized spacial score (nSPS) is 15.1. The molecule has 7 nitrogen and oxygen atoms in total. The van der Waals surface area contributed by atoms with Gasteiger partial charge in [0.1, 0.15) is 0 Å². The number of nitrogens with zero attached hydrogens (tertiary/aromatic N) is 4. The molecule has 0 unspecified atom stereocenters. The number of fused-ring (bicyclic) bond motifs is 1. The number of unbranched alkanes of at least 4 members (excludes halogenated alkanes) is 3. The maximum Gasteiger partial charge on any atom is 0.303 e. The zero-order valence-corrected chi connectivity index (χ0v) is 14.0. The van der Waals surface area contributed by atoms with Crippen molar-refractivity contribution in [3.63, 3.8) is 0 Å². The molecule has 0 aliphatic carbocycles. The fourth-order valence-corrected chi connectivity index (χ4v) is 3.06. The molecule has 1 aliphatic heterocycles. The molecular weight excluding hydrogens is 308 g/mol. The smallest absolute Gasteiger partial charge is 0.303 e. The average Bonchev–Trinajstić information content (AvgIpc) is 2.71. The lowest BCUT2D eigenvalue weighted by Crippen LogP contribution is -2.36. The van der Waals surface area contributed by atoms with E-state index in [2.05, 4.69) is 10.0 Å². The third-order valence-electron chi connectivity index (χ3n) is 4.41. The molecule has 0 aromatic heterocycles. The van der Waals surface area contributed by atoms with Crippen LogP contribution in [0.25, 0.3) is 10.4 Å². The van der Waals surface area contributed by atoms with E-state index < -0.39 is 11.4 Å². The van der Waals surface area contributed by atoms with Gasteiger partial charge < -0.3 is 10.0 Å². The van der Waals surface area contributed by atoms with Crippen LogP contribution in [0.5, 0.6) is 0 Å². The van der Waals surface area contributed by atoms with Gasteiger partial charge in [0, 0.05) is 29.3 Å². The second kappa shape index (κ2) is 7.36. The van der Waals surface area contributed by atoms with Crippen molar-refractivity contribution >= 4 is 23.3 Å². The second-order valence-electron chi connectivity index (χ2n) is 6.53. The number of carbonyl (C=O) groups excluding carboxylic acids is 1. The van der Waals surface area contributed by atoms with Crippen molar-refractivity contribution in [3.8, 4) is 0 Å². The first kappa shape index (κ1) is 17.8. The number of amides is 1. The Morgan fingerprint density at radius 3 is 2.67 bits per heavy atom. The van der Waals surface area contributed by atoms with Gasteiger partial charge in [0.15, 0.2) is 0 Å². The van der Waals surface area contributed by atoms with E-state index in [-0.39, 0.29) is 12.3 Å². The summed E-state index contributed by atoms with van der Waals surface area (Å²) in [6.45, 7) is 4.37. The molecule has 7 heteroatoms. The van der Waals surface area contributed by atoms with Gasteiger partial charge in [-0.3, -0.25) is 9.59 Å². The van der Waals surface area contributed by atoms with E-state index in [0.29, 0.717) is 18.7 Å². The minimum absolute atomic E-state index is 0.0427. The third-order valence-corrected chi connectivity index (χ3v) is 4.41. The van der Waals surface area contributed by atoms with E-state index in [9.17, 15) is 9.59 Å². The predicted molar refractivity (Wildman–Crippen MR) is 91.3 cm³/mol. The molecule has 0 spiro atoms. The van der Waals surface area contributed by atoms with Crippen molar-refractivity contribution < 1.29 is 14.7 Å². The lowest BCUT2D eigenvalue weighted by atomic mass is 9.86. The van der Waals surface area contributed by atoms with Gasteiger partial charge in [-0.15, -0.1) is 0 Å². The highest BCUT2D eigenvalue weighted by Gasteiger charge is 2.43. The van der Waals surface area contributed by atoms with Crippen LogP contribution >= 0.6 is 0 Å². The van der Waals surface area contributed by atoms with Gasteiger partial charge in [-0.25, -0.2) is 0 Å². The number of azide groups is 1. The summed E-state index contributed by atoms with van der Waals surface area (Å²) in [6.07, 6.45) is 3.44. The Hall–Kier alpha value is -2.53.